The Morgan fingerprint density at radius 2 is 1.97 bits per heavy atom. The van der Waals surface area contributed by atoms with E-state index in [1.165, 1.54) is 6.07 Å². The Morgan fingerprint density at radius 3 is 2.59 bits per heavy atom. The number of hydrogen-bond acceptors (Lipinski definition) is 4. The van der Waals surface area contributed by atoms with Crippen LogP contribution in [0.3, 0.4) is 0 Å². The van der Waals surface area contributed by atoms with Crippen LogP contribution in [0.25, 0.3) is 0 Å². The average Bonchev–Trinajstić information content (AvgIpc) is 2.67. The fraction of sp³-hybridized carbons (Fsp3) is 0.316. The highest BCUT2D eigenvalue weighted by atomic mass is 35.5. The Balaban J connectivity index is 2.00. The van der Waals surface area contributed by atoms with E-state index in [9.17, 15) is 30.8 Å². The summed E-state index contributed by atoms with van der Waals surface area (Å²) in [5.41, 5.74) is -1.14. The van der Waals surface area contributed by atoms with Gasteiger partial charge in [-0.1, -0.05) is 23.1 Å². The molecule has 13 heteroatoms. The molecule has 2 aromatic carbocycles. The first kappa shape index (κ1) is 24.3. The second-order valence-corrected chi connectivity index (χ2v) is 9.23. The zero-order chi connectivity index (χ0) is 23.8. The number of ether oxygens (including phenoxy) is 1. The average molecular weight is 492 g/mol. The number of benzene rings is 2. The summed E-state index contributed by atoms with van der Waals surface area (Å²) < 4.78 is 86.7. The molecule has 0 spiro atoms. The molecule has 2 aromatic rings. The van der Waals surface area contributed by atoms with Gasteiger partial charge in [-0.3, -0.25) is 0 Å². The van der Waals surface area contributed by atoms with Crippen LogP contribution in [0.1, 0.15) is 35.6 Å². The van der Waals surface area contributed by atoms with Crippen molar-refractivity contribution in [1.29, 1.82) is 0 Å². The summed E-state index contributed by atoms with van der Waals surface area (Å²) in [7, 11) is 0.990. The van der Waals surface area contributed by atoms with E-state index < -0.39 is 67.3 Å². The smallest absolute Gasteiger partial charge is 0.416 e. The maximum atomic E-state index is 14.5. The summed E-state index contributed by atoms with van der Waals surface area (Å²) in [6, 6.07) is 2.18. The van der Waals surface area contributed by atoms with E-state index in [0.29, 0.717) is 18.6 Å². The van der Waals surface area contributed by atoms with Gasteiger partial charge in [0.2, 0.25) is 10.0 Å². The SMILES string of the molecule is [B]c1cc(C(F)(F)F)cc(S(=O)(=O)NC2CCCc3c2cc(Cl)c(F)c3OCC(=O)O)c1. The quantitative estimate of drug-likeness (QED) is 0.479. The van der Waals surface area contributed by atoms with Crippen LogP contribution in [-0.2, 0) is 27.4 Å². The Morgan fingerprint density at radius 1 is 1.28 bits per heavy atom. The van der Waals surface area contributed by atoms with Crippen molar-refractivity contribution in [2.75, 3.05) is 6.61 Å². The maximum absolute atomic E-state index is 14.5. The van der Waals surface area contributed by atoms with Gasteiger partial charge >= 0.3 is 12.1 Å². The molecule has 2 radical (unpaired) electrons. The first-order valence-corrected chi connectivity index (χ1v) is 11.0. The molecule has 0 amide bonds. The van der Waals surface area contributed by atoms with Crippen LogP contribution in [0.5, 0.6) is 5.75 Å². The maximum Gasteiger partial charge on any atom is 0.416 e. The summed E-state index contributed by atoms with van der Waals surface area (Å²) in [6.07, 6.45) is -3.94. The minimum atomic E-state index is -4.81. The highest BCUT2D eigenvalue weighted by molar-refractivity contribution is 7.89. The van der Waals surface area contributed by atoms with Crippen LogP contribution in [0.2, 0.25) is 5.02 Å². The standard InChI is InChI=1S/C19H15BClF4NO5S/c20-10-4-9(19(23,24)25)5-11(6-10)32(29,30)26-15-3-1-2-12-13(15)7-14(21)17(22)18(12)31-8-16(27)28/h4-7,15,26H,1-3,8H2,(H,27,28). The third kappa shape index (κ3) is 5.19. The van der Waals surface area contributed by atoms with E-state index in [2.05, 4.69) is 4.72 Å². The van der Waals surface area contributed by atoms with E-state index in [-0.39, 0.29) is 24.0 Å². The number of nitrogens with one attached hydrogen (secondary N) is 1. The number of halogens is 5. The van der Waals surface area contributed by atoms with Crippen molar-refractivity contribution >= 4 is 40.9 Å². The van der Waals surface area contributed by atoms with Gasteiger partial charge in [0.05, 0.1) is 15.5 Å². The number of rotatable bonds is 6. The van der Waals surface area contributed by atoms with Crippen LogP contribution >= 0.6 is 11.6 Å². The molecule has 0 aromatic heterocycles. The Kier molecular flexibility index (Phi) is 6.78. The number of carboxylic acid groups (broad SMARTS) is 1. The third-order valence-corrected chi connectivity index (χ3v) is 6.54. The highest BCUT2D eigenvalue weighted by Gasteiger charge is 2.34. The topological polar surface area (TPSA) is 92.7 Å². The minimum Gasteiger partial charge on any atom is -0.479 e. The normalized spacial score (nSPS) is 16.5. The molecular formula is C19H15BClF4NO5S. The largest absolute Gasteiger partial charge is 0.479 e. The van der Waals surface area contributed by atoms with Gasteiger partial charge in [-0.2, -0.15) is 13.2 Å². The van der Waals surface area contributed by atoms with Gasteiger partial charge in [0, 0.05) is 11.6 Å². The van der Waals surface area contributed by atoms with Gasteiger partial charge < -0.3 is 9.84 Å². The van der Waals surface area contributed by atoms with E-state index in [0.717, 1.165) is 6.07 Å². The Hall–Kier alpha value is -2.31. The van der Waals surface area contributed by atoms with Crippen molar-refractivity contribution in [2.24, 2.45) is 0 Å². The summed E-state index contributed by atoms with van der Waals surface area (Å²) >= 11 is 5.89. The molecule has 0 saturated heterocycles. The molecule has 1 aliphatic carbocycles. The van der Waals surface area contributed by atoms with Crippen LogP contribution in [0, 0.1) is 5.82 Å². The first-order chi connectivity index (χ1) is 14.8. The Labute approximate surface area is 187 Å². The molecule has 32 heavy (non-hydrogen) atoms. The molecule has 6 nitrogen and oxygen atoms in total. The Bertz CT molecular complexity index is 1170. The predicted molar refractivity (Wildman–Crippen MR) is 107 cm³/mol. The van der Waals surface area contributed by atoms with Gasteiger partial charge in [0.1, 0.15) is 7.85 Å². The van der Waals surface area contributed by atoms with Crippen LogP contribution in [0.15, 0.2) is 29.2 Å². The molecule has 0 bridgehead atoms. The molecule has 1 aliphatic rings. The number of fused-ring (bicyclic) bond motifs is 1. The third-order valence-electron chi connectivity index (χ3n) is 4.81. The molecule has 0 fully saturated rings. The van der Waals surface area contributed by atoms with Crippen molar-refractivity contribution < 1.29 is 40.6 Å². The number of alkyl halides is 3. The van der Waals surface area contributed by atoms with Crippen LogP contribution < -0.4 is 14.9 Å². The molecule has 0 aliphatic heterocycles. The first-order valence-electron chi connectivity index (χ1n) is 9.15. The molecule has 1 atom stereocenters. The van der Waals surface area contributed by atoms with Crippen LogP contribution in [0.4, 0.5) is 17.6 Å². The van der Waals surface area contributed by atoms with Gasteiger partial charge in [-0.25, -0.2) is 22.3 Å². The van der Waals surface area contributed by atoms with Crippen molar-refractivity contribution in [2.45, 2.75) is 36.4 Å². The number of sulfonamides is 1. The molecule has 170 valence electrons. The number of hydrogen-bond donors (Lipinski definition) is 2. The summed E-state index contributed by atoms with van der Waals surface area (Å²) in [5.74, 6) is -2.74. The van der Waals surface area contributed by atoms with E-state index >= 15 is 0 Å². The number of carbonyl (C=O) groups is 1. The molecule has 3 rings (SSSR count). The second-order valence-electron chi connectivity index (χ2n) is 7.11. The van der Waals surface area contributed by atoms with Crippen molar-refractivity contribution in [1.82, 2.24) is 4.72 Å². The number of carboxylic acids is 1. The van der Waals surface area contributed by atoms with E-state index in [4.69, 9.17) is 29.3 Å². The highest BCUT2D eigenvalue weighted by Crippen LogP contribution is 2.41. The molecule has 0 saturated carbocycles. The zero-order valence-corrected chi connectivity index (χ0v) is 17.7. The van der Waals surface area contributed by atoms with Crippen molar-refractivity contribution in [3.8, 4) is 5.75 Å². The van der Waals surface area contributed by atoms with Gasteiger partial charge in [0.15, 0.2) is 18.2 Å². The fourth-order valence-electron chi connectivity index (χ4n) is 3.47. The van der Waals surface area contributed by atoms with Gasteiger partial charge in [-0.15, -0.1) is 0 Å². The minimum absolute atomic E-state index is 0.232. The molecule has 2 N–H and O–H groups in total. The molecule has 0 heterocycles. The summed E-state index contributed by atoms with van der Waals surface area (Å²) in [5, 5.41) is 8.39. The predicted octanol–water partition coefficient (Wildman–Crippen LogP) is 3.11. The lowest BCUT2D eigenvalue weighted by molar-refractivity contribution is -0.139. The monoisotopic (exact) mass is 491 g/mol. The second kappa shape index (κ2) is 8.91. The van der Waals surface area contributed by atoms with Gasteiger partial charge in [0.25, 0.3) is 0 Å². The van der Waals surface area contributed by atoms with Crippen molar-refractivity contribution in [3.05, 3.63) is 51.8 Å². The van der Waals surface area contributed by atoms with Gasteiger partial charge in [-0.05, 0) is 43.0 Å². The zero-order valence-electron chi connectivity index (χ0n) is 16.2. The van der Waals surface area contributed by atoms with Crippen LogP contribution in [-0.4, -0.2) is 33.9 Å². The van der Waals surface area contributed by atoms with E-state index in [1.807, 2.05) is 0 Å². The summed E-state index contributed by atoms with van der Waals surface area (Å²) in [4.78, 5) is 10.1. The summed E-state index contributed by atoms with van der Waals surface area (Å²) in [6.45, 7) is -0.844. The molecular weight excluding hydrogens is 477 g/mol. The lowest BCUT2D eigenvalue weighted by Crippen LogP contribution is -2.32. The van der Waals surface area contributed by atoms with E-state index in [1.54, 1.807) is 0 Å². The fourth-order valence-corrected chi connectivity index (χ4v) is 5.00. The van der Waals surface area contributed by atoms with Crippen molar-refractivity contribution in [3.63, 3.8) is 0 Å². The molecule has 1 unspecified atom stereocenters. The lowest BCUT2D eigenvalue weighted by Gasteiger charge is -2.28. The lowest BCUT2D eigenvalue weighted by atomic mass is 9.87. The number of aliphatic carboxylic acids is 1.